The minimum Gasteiger partial charge on any atom is -0.302 e. The van der Waals surface area contributed by atoms with Crippen LogP contribution >= 0.6 is 11.8 Å². The Balaban J connectivity index is 1.76. The molecular weight excluding hydrogens is 340 g/mol. The largest absolute Gasteiger partial charge is 0.302 e. The molecule has 1 atom stereocenters. The molecule has 1 aromatic carbocycles. The second-order valence-corrected chi connectivity index (χ2v) is 7.50. The van der Waals surface area contributed by atoms with Crippen molar-refractivity contribution < 1.29 is 4.21 Å². The molecule has 0 N–H and O–H groups in total. The molecule has 0 radical (unpaired) electrons. The van der Waals surface area contributed by atoms with E-state index in [0.717, 1.165) is 33.7 Å². The van der Waals surface area contributed by atoms with Crippen molar-refractivity contribution in [3.05, 3.63) is 54.4 Å². The minimum absolute atomic E-state index is 0.797. The van der Waals surface area contributed by atoms with Gasteiger partial charge in [-0.2, -0.15) is 0 Å². The van der Waals surface area contributed by atoms with Gasteiger partial charge in [0.05, 0.1) is 0 Å². The number of aromatic nitrogens is 4. The van der Waals surface area contributed by atoms with Crippen LogP contribution in [0, 0.1) is 0 Å². The summed E-state index contributed by atoms with van der Waals surface area (Å²) < 4.78 is 13.5. The second kappa shape index (κ2) is 7.72. The molecule has 2 aromatic heterocycles. The third-order valence-corrected chi connectivity index (χ3v) is 5.57. The van der Waals surface area contributed by atoms with Crippen molar-refractivity contribution in [3.8, 4) is 11.4 Å². The van der Waals surface area contributed by atoms with Gasteiger partial charge in [0, 0.05) is 52.2 Å². The fourth-order valence-corrected chi connectivity index (χ4v) is 3.80. The van der Waals surface area contributed by atoms with E-state index in [9.17, 15) is 4.21 Å². The van der Waals surface area contributed by atoms with E-state index in [1.807, 2.05) is 36.4 Å². The van der Waals surface area contributed by atoms with Crippen LogP contribution in [0.25, 0.3) is 11.4 Å². The van der Waals surface area contributed by atoms with Crippen molar-refractivity contribution in [1.29, 1.82) is 0 Å². The Morgan fingerprint density at radius 3 is 2.42 bits per heavy atom. The molecule has 0 saturated heterocycles. The maximum Gasteiger partial charge on any atom is 0.191 e. The third-order valence-electron chi connectivity index (χ3n) is 3.59. The van der Waals surface area contributed by atoms with Crippen LogP contribution < -0.4 is 0 Å². The van der Waals surface area contributed by atoms with Gasteiger partial charge in [-0.25, -0.2) is 0 Å². The molecule has 5 nitrogen and oxygen atoms in total. The fourth-order valence-electron chi connectivity index (χ4n) is 2.32. The van der Waals surface area contributed by atoms with Crippen LogP contribution in [0.4, 0.5) is 0 Å². The molecule has 0 bridgehead atoms. The van der Waals surface area contributed by atoms with Crippen LogP contribution in [0.5, 0.6) is 0 Å². The van der Waals surface area contributed by atoms with E-state index < -0.39 is 10.8 Å². The maximum absolute atomic E-state index is 11.4. The van der Waals surface area contributed by atoms with Crippen LogP contribution in [-0.2, 0) is 23.1 Å². The lowest BCUT2D eigenvalue weighted by Gasteiger charge is -2.07. The molecular formula is C17H18N4OS2. The number of thioether (sulfide) groups is 1. The quantitative estimate of drug-likeness (QED) is 0.632. The van der Waals surface area contributed by atoms with Crippen LogP contribution in [0.3, 0.4) is 0 Å². The Morgan fingerprint density at radius 2 is 1.79 bits per heavy atom. The van der Waals surface area contributed by atoms with E-state index >= 15 is 0 Å². The molecule has 3 rings (SSSR count). The first-order valence-electron chi connectivity index (χ1n) is 7.57. The topological polar surface area (TPSA) is 60.7 Å². The zero-order chi connectivity index (χ0) is 16.9. The van der Waals surface area contributed by atoms with E-state index in [2.05, 4.69) is 26.7 Å². The van der Waals surface area contributed by atoms with Gasteiger partial charge in [0.25, 0.3) is 0 Å². The molecule has 1 unspecified atom stereocenters. The monoisotopic (exact) mass is 358 g/mol. The van der Waals surface area contributed by atoms with Crippen molar-refractivity contribution in [2.45, 2.75) is 29.3 Å². The van der Waals surface area contributed by atoms with Gasteiger partial charge in [-0.15, -0.1) is 10.2 Å². The van der Waals surface area contributed by atoms with Gasteiger partial charge in [-0.3, -0.25) is 9.19 Å². The van der Waals surface area contributed by atoms with Gasteiger partial charge < -0.3 is 4.57 Å². The summed E-state index contributed by atoms with van der Waals surface area (Å²) in [5.74, 6) is 1.66. The van der Waals surface area contributed by atoms with Gasteiger partial charge >= 0.3 is 0 Å². The molecule has 24 heavy (non-hydrogen) atoms. The summed E-state index contributed by atoms with van der Waals surface area (Å²) in [6, 6.07) is 11.7. The first-order valence-corrected chi connectivity index (χ1v) is 10.1. The number of nitrogens with zero attached hydrogens (tertiary/aromatic N) is 4. The van der Waals surface area contributed by atoms with E-state index in [0.29, 0.717) is 0 Å². The molecule has 0 spiro atoms. The zero-order valence-corrected chi connectivity index (χ0v) is 15.2. The number of hydrogen-bond acceptors (Lipinski definition) is 5. The molecule has 0 aliphatic rings. The summed E-state index contributed by atoms with van der Waals surface area (Å²) in [6.07, 6.45) is 5.21. The lowest BCUT2D eigenvalue weighted by Crippen LogP contribution is -2.00. The Hall–Kier alpha value is -1.99. The molecule has 2 heterocycles. The molecule has 3 aromatic rings. The van der Waals surface area contributed by atoms with Crippen molar-refractivity contribution in [2.75, 3.05) is 6.26 Å². The summed E-state index contributed by atoms with van der Waals surface area (Å²) in [7, 11) is -0.938. The van der Waals surface area contributed by atoms with Crippen molar-refractivity contribution in [2.24, 2.45) is 0 Å². The molecule has 124 valence electrons. The van der Waals surface area contributed by atoms with E-state index in [1.165, 1.54) is 5.56 Å². The molecule has 0 amide bonds. The van der Waals surface area contributed by atoms with Crippen molar-refractivity contribution >= 4 is 22.6 Å². The smallest absolute Gasteiger partial charge is 0.191 e. The summed E-state index contributed by atoms with van der Waals surface area (Å²) in [6.45, 7) is 2.89. The molecule has 7 heteroatoms. The normalized spacial score (nSPS) is 12.2. The first-order chi connectivity index (χ1) is 11.7. The summed E-state index contributed by atoms with van der Waals surface area (Å²) in [5, 5.41) is 9.56. The van der Waals surface area contributed by atoms with Crippen LogP contribution in [-0.4, -0.2) is 30.2 Å². The van der Waals surface area contributed by atoms with Crippen LogP contribution in [0.1, 0.15) is 12.5 Å². The van der Waals surface area contributed by atoms with Crippen LogP contribution in [0.15, 0.2) is 58.8 Å². The minimum atomic E-state index is -0.938. The zero-order valence-electron chi connectivity index (χ0n) is 13.5. The Labute approximate surface area is 148 Å². The Morgan fingerprint density at radius 1 is 1.08 bits per heavy atom. The SMILES string of the molecule is CCn1c(SCc2ccc(S(C)=O)cc2)nnc1-c1ccncc1. The number of pyridine rings is 1. The highest BCUT2D eigenvalue weighted by Gasteiger charge is 2.13. The highest BCUT2D eigenvalue weighted by molar-refractivity contribution is 7.98. The summed E-state index contributed by atoms with van der Waals surface area (Å²) in [5.41, 5.74) is 2.19. The standard InChI is InChI=1S/C17H18N4OS2/c1-3-21-16(14-8-10-18-11-9-14)19-20-17(21)23-12-13-4-6-15(7-5-13)24(2)22/h4-11H,3,12H2,1-2H3. The van der Waals surface area contributed by atoms with Crippen LogP contribution in [0.2, 0.25) is 0 Å². The van der Waals surface area contributed by atoms with Gasteiger partial charge in [0.1, 0.15) is 0 Å². The molecule has 0 saturated carbocycles. The molecule has 0 aliphatic carbocycles. The highest BCUT2D eigenvalue weighted by atomic mass is 32.2. The van der Waals surface area contributed by atoms with Gasteiger partial charge in [-0.1, -0.05) is 23.9 Å². The lowest BCUT2D eigenvalue weighted by atomic mass is 10.2. The number of hydrogen-bond donors (Lipinski definition) is 0. The highest BCUT2D eigenvalue weighted by Crippen LogP contribution is 2.26. The lowest BCUT2D eigenvalue weighted by molar-refractivity contribution is 0.686. The third kappa shape index (κ3) is 3.73. The summed E-state index contributed by atoms with van der Waals surface area (Å²) >= 11 is 1.65. The average Bonchev–Trinajstić information content (AvgIpc) is 3.04. The van der Waals surface area contributed by atoms with E-state index in [-0.39, 0.29) is 0 Å². The Kier molecular flexibility index (Phi) is 5.42. The molecule has 0 aliphatic heterocycles. The fraction of sp³-hybridized carbons (Fsp3) is 0.235. The van der Waals surface area contributed by atoms with Crippen molar-refractivity contribution in [3.63, 3.8) is 0 Å². The van der Waals surface area contributed by atoms with Gasteiger partial charge in [-0.05, 0) is 36.8 Å². The first kappa shape index (κ1) is 16.9. The average molecular weight is 358 g/mol. The molecule has 0 fully saturated rings. The maximum atomic E-state index is 11.4. The second-order valence-electron chi connectivity index (χ2n) is 5.17. The predicted octanol–water partition coefficient (Wildman–Crippen LogP) is 3.39. The van der Waals surface area contributed by atoms with Gasteiger partial charge in [0.2, 0.25) is 0 Å². The van der Waals surface area contributed by atoms with Gasteiger partial charge in [0.15, 0.2) is 11.0 Å². The number of rotatable bonds is 6. The van der Waals surface area contributed by atoms with E-state index in [4.69, 9.17) is 0 Å². The van der Waals surface area contributed by atoms with Crippen molar-refractivity contribution in [1.82, 2.24) is 19.7 Å². The predicted molar refractivity (Wildman–Crippen MR) is 97.3 cm³/mol. The number of benzene rings is 1. The van der Waals surface area contributed by atoms with E-state index in [1.54, 1.807) is 30.4 Å². The Bertz CT molecular complexity index is 832. The summed E-state index contributed by atoms with van der Waals surface area (Å²) in [4.78, 5) is 4.89.